The molecule has 0 fully saturated rings. The fourth-order valence-corrected chi connectivity index (χ4v) is 8.24. The van der Waals surface area contributed by atoms with E-state index < -0.39 is 0 Å². The maximum absolute atomic E-state index is 6.57. The van der Waals surface area contributed by atoms with Gasteiger partial charge in [-0.1, -0.05) is 176 Å². The quantitative estimate of drug-likeness (QED) is 0.120. The van der Waals surface area contributed by atoms with Crippen molar-refractivity contribution in [3.8, 4) is 55.6 Å². The Kier molecular flexibility index (Phi) is 10.6. The zero-order valence-electron chi connectivity index (χ0n) is 34.2. The standard InChI is InChI=1S/C59H42N2O/c1-60-56(47-25-15-6-16-26-47)39-57(48-31-32-58-54(36-48)55-37-52(45-21-11-4-12-22-45)53(38-59(55)62-58)46-23-13-5-14-24-46)61-40-41-27-29-44(30-28-41)51-34-49(42-17-7-2-8-18-42)33-50(35-51)43-19-9-3-10-20-43/h2-39H,1,40H2/b56-39-,61-57+. The van der Waals surface area contributed by atoms with Gasteiger partial charge in [-0.15, -0.1) is 0 Å². The molecule has 0 radical (unpaired) electrons. The van der Waals surface area contributed by atoms with E-state index in [1.807, 2.05) is 30.3 Å². The van der Waals surface area contributed by atoms with E-state index >= 15 is 0 Å². The molecule has 0 saturated carbocycles. The minimum absolute atomic E-state index is 0.480. The van der Waals surface area contributed by atoms with Crippen molar-refractivity contribution in [1.29, 1.82) is 0 Å². The summed E-state index contributed by atoms with van der Waals surface area (Å²) >= 11 is 0. The van der Waals surface area contributed by atoms with Crippen LogP contribution in [0.3, 0.4) is 0 Å². The lowest BCUT2D eigenvalue weighted by molar-refractivity contribution is 0.669. The largest absolute Gasteiger partial charge is 0.456 e. The van der Waals surface area contributed by atoms with Gasteiger partial charge in [0.05, 0.1) is 18.0 Å². The van der Waals surface area contributed by atoms with Crippen LogP contribution in [0.15, 0.2) is 245 Å². The average Bonchev–Trinajstić information content (AvgIpc) is 3.72. The molecule has 3 heteroatoms. The van der Waals surface area contributed by atoms with Gasteiger partial charge in [0.1, 0.15) is 11.2 Å². The third-order valence-electron chi connectivity index (χ3n) is 11.5. The van der Waals surface area contributed by atoms with Crippen LogP contribution < -0.4 is 0 Å². The molecule has 3 nitrogen and oxygen atoms in total. The molecule has 0 bridgehead atoms. The van der Waals surface area contributed by atoms with E-state index in [4.69, 9.17) is 9.41 Å². The number of rotatable bonds is 11. The normalized spacial score (nSPS) is 11.9. The van der Waals surface area contributed by atoms with Crippen molar-refractivity contribution in [3.63, 3.8) is 0 Å². The number of nitrogens with zero attached hydrogens (tertiary/aromatic N) is 2. The molecule has 62 heavy (non-hydrogen) atoms. The lowest BCUT2D eigenvalue weighted by Crippen LogP contribution is -2.00. The summed E-state index contributed by atoms with van der Waals surface area (Å²) in [6, 6.07) is 78.8. The second-order valence-corrected chi connectivity index (χ2v) is 15.4. The van der Waals surface area contributed by atoms with E-state index in [2.05, 4.69) is 212 Å². The van der Waals surface area contributed by atoms with Gasteiger partial charge in [-0.05, 0) is 123 Å². The molecule has 0 spiro atoms. The van der Waals surface area contributed by atoms with E-state index in [0.717, 1.165) is 77.9 Å². The fourth-order valence-electron chi connectivity index (χ4n) is 8.24. The molecule has 0 saturated heterocycles. The van der Waals surface area contributed by atoms with Gasteiger partial charge in [-0.25, -0.2) is 0 Å². The molecule has 0 aliphatic carbocycles. The summed E-state index contributed by atoms with van der Waals surface area (Å²) in [5.74, 6) is 0. The van der Waals surface area contributed by atoms with Gasteiger partial charge in [0.2, 0.25) is 0 Å². The summed E-state index contributed by atoms with van der Waals surface area (Å²) in [6.45, 7) is 4.44. The summed E-state index contributed by atoms with van der Waals surface area (Å²) in [5.41, 5.74) is 17.9. The van der Waals surface area contributed by atoms with Crippen LogP contribution in [0.5, 0.6) is 0 Å². The van der Waals surface area contributed by atoms with Crippen LogP contribution in [0.25, 0.3) is 83.3 Å². The van der Waals surface area contributed by atoms with Gasteiger partial charge in [-0.2, -0.15) is 0 Å². The molecule has 9 aromatic carbocycles. The van der Waals surface area contributed by atoms with Crippen molar-refractivity contribution in [1.82, 2.24) is 0 Å². The number of benzene rings is 9. The van der Waals surface area contributed by atoms with Crippen LogP contribution >= 0.6 is 0 Å². The summed E-state index contributed by atoms with van der Waals surface area (Å²) in [7, 11) is 0. The average molecular weight is 795 g/mol. The first kappa shape index (κ1) is 38.1. The SMILES string of the molecule is C=N/C(=C\C(=N/Cc1ccc(-c2cc(-c3ccccc3)cc(-c3ccccc3)c2)cc1)c1ccc2oc3cc(-c4ccccc4)c(-c4ccccc4)cc3c2c1)c1ccccc1. The maximum Gasteiger partial charge on any atom is 0.136 e. The number of aliphatic imine (C=N–C) groups is 2. The molecular weight excluding hydrogens is 753 g/mol. The predicted octanol–water partition coefficient (Wildman–Crippen LogP) is 15.7. The van der Waals surface area contributed by atoms with E-state index in [-0.39, 0.29) is 0 Å². The highest BCUT2D eigenvalue weighted by Gasteiger charge is 2.17. The summed E-state index contributed by atoms with van der Waals surface area (Å²) in [6.07, 6.45) is 2.04. The van der Waals surface area contributed by atoms with E-state index in [0.29, 0.717) is 6.54 Å². The minimum atomic E-state index is 0.480. The zero-order valence-corrected chi connectivity index (χ0v) is 34.2. The first-order valence-electron chi connectivity index (χ1n) is 20.9. The molecule has 1 aromatic heterocycles. The summed E-state index contributed by atoms with van der Waals surface area (Å²) in [5, 5.41) is 2.08. The Labute approximate surface area is 362 Å². The zero-order chi connectivity index (χ0) is 41.7. The Balaban J connectivity index is 1.04. The van der Waals surface area contributed by atoms with Crippen molar-refractivity contribution in [2.24, 2.45) is 9.98 Å². The Morgan fingerprint density at radius 2 is 0.871 bits per heavy atom. The second kappa shape index (κ2) is 17.2. The molecule has 0 aliphatic heterocycles. The van der Waals surface area contributed by atoms with Gasteiger partial charge in [0, 0.05) is 21.9 Å². The maximum atomic E-state index is 6.57. The molecule has 0 aliphatic rings. The number of furan rings is 1. The molecular formula is C59H42N2O. The molecule has 1 heterocycles. The summed E-state index contributed by atoms with van der Waals surface area (Å²) in [4.78, 5) is 9.78. The highest BCUT2D eigenvalue weighted by atomic mass is 16.3. The highest BCUT2D eigenvalue weighted by Crippen LogP contribution is 2.40. The Hall–Kier alpha value is -8.14. The molecule has 0 unspecified atom stereocenters. The summed E-state index contributed by atoms with van der Waals surface area (Å²) < 4.78 is 6.57. The predicted molar refractivity (Wildman–Crippen MR) is 262 cm³/mol. The Morgan fingerprint density at radius 1 is 0.403 bits per heavy atom. The van der Waals surface area contributed by atoms with Crippen molar-refractivity contribution < 1.29 is 4.42 Å². The van der Waals surface area contributed by atoms with E-state index in [1.165, 1.54) is 27.8 Å². The first-order valence-corrected chi connectivity index (χ1v) is 20.9. The van der Waals surface area contributed by atoms with Crippen molar-refractivity contribution in [3.05, 3.63) is 247 Å². The first-order chi connectivity index (χ1) is 30.7. The number of allylic oxidation sites excluding steroid dienone is 1. The topological polar surface area (TPSA) is 37.9 Å². The second-order valence-electron chi connectivity index (χ2n) is 15.4. The van der Waals surface area contributed by atoms with E-state index in [1.54, 1.807) is 0 Å². The lowest BCUT2D eigenvalue weighted by atomic mass is 9.92. The van der Waals surface area contributed by atoms with Gasteiger partial charge in [0.25, 0.3) is 0 Å². The van der Waals surface area contributed by atoms with Crippen molar-refractivity contribution in [2.45, 2.75) is 6.54 Å². The van der Waals surface area contributed by atoms with Crippen molar-refractivity contribution >= 4 is 40.1 Å². The van der Waals surface area contributed by atoms with Crippen LogP contribution in [-0.2, 0) is 6.54 Å². The highest BCUT2D eigenvalue weighted by molar-refractivity contribution is 6.16. The molecule has 294 valence electrons. The molecule has 0 atom stereocenters. The molecule has 0 N–H and O–H groups in total. The molecule has 0 amide bonds. The van der Waals surface area contributed by atoms with Crippen molar-refractivity contribution in [2.75, 3.05) is 0 Å². The molecule has 10 rings (SSSR count). The fraction of sp³-hybridized carbons (Fsp3) is 0.0169. The minimum Gasteiger partial charge on any atom is -0.456 e. The number of hydrogen-bond donors (Lipinski definition) is 0. The third-order valence-corrected chi connectivity index (χ3v) is 11.5. The van der Waals surface area contributed by atoms with Crippen LogP contribution in [-0.4, -0.2) is 12.4 Å². The molecule has 10 aromatic rings. The number of fused-ring (bicyclic) bond motifs is 3. The smallest absolute Gasteiger partial charge is 0.136 e. The number of hydrogen-bond acceptors (Lipinski definition) is 3. The lowest BCUT2D eigenvalue weighted by Gasteiger charge is -2.12. The van der Waals surface area contributed by atoms with Gasteiger partial charge < -0.3 is 4.42 Å². The van der Waals surface area contributed by atoms with E-state index in [9.17, 15) is 0 Å². The Morgan fingerprint density at radius 3 is 1.40 bits per heavy atom. The third kappa shape index (κ3) is 7.95. The van der Waals surface area contributed by atoms with Gasteiger partial charge >= 0.3 is 0 Å². The van der Waals surface area contributed by atoms with Crippen LogP contribution in [0.4, 0.5) is 0 Å². The van der Waals surface area contributed by atoms with Gasteiger partial charge in [-0.3, -0.25) is 9.98 Å². The van der Waals surface area contributed by atoms with Crippen LogP contribution in [0.2, 0.25) is 0 Å². The van der Waals surface area contributed by atoms with Crippen LogP contribution in [0, 0.1) is 0 Å². The van der Waals surface area contributed by atoms with Crippen LogP contribution in [0.1, 0.15) is 16.7 Å². The Bertz CT molecular complexity index is 3160. The monoisotopic (exact) mass is 794 g/mol. The van der Waals surface area contributed by atoms with Gasteiger partial charge in [0.15, 0.2) is 0 Å².